The number of nitrogens with one attached hydrogen (secondary N) is 1. The van der Waals surface area contributed by atoms with Crippen molar-refractivity contribution in [1.82, 2.24) is 5.32 Å². The molecule has 0 bridgehead atoms. The Bertz CT molecular complexity index is 381. The molecule has 0 aliphatic carbocycles. The van der Waals surface area contributed by atoms with Crippen LogP contribution < -0.4 is 10.1 Å². The molecule has 3 nitrogen and oxygen atoms in total. The van der Waals surface area contributed by atoms with Crippen molar-refractivity contribution in [2.24, 2.45) is 0 Å². The number of aliphatic hydroxyl groups is 1. The average Bonchev–Trinajstić information content (AvgIpc) is 2.23. The molecule has 3 heteroatoms. The first kappa shape index (κ1) is 15.0. The van der Waals surface area contributed by atoms with Gasteiger partial charge in [0, 0.05) is 17.6 Å². The topological polar surface area (TPSA) is 41.5 Å². The Labute approximate surface area is 110 Å². The summed E-state index contributed by atoms with van der Waals surface area (Å²) in [6.45, 7) is 11.3. The van der Waals surface area contributed by atoms with Crippen molar-refractivity contribution in [3.8, 4) is 5.75 Å². The maximum atomic E-state index is 9.31. The first-order chi connectivity index (χ1) is 8.29. The Morgan fingerprint density at radius 1 is 1.33 bits per heavy atom. The van der Waals surface area contributed by atoms with Crippen LogP contribution in [0, 0.1) is 6.92 Å². The molecule has 1 aromatic carbocycles. The van der Waals surface area contributed by atoms with E-state index in [4.69, 9.17) is 4.74 Å². The molecular formula is C15H25NO2. The molecule has 1 rings (SSSR count). The predicted octanol–water partition coefficient (Wildman–Crippen LogP) is 2.64. The van der Waals surface area contributed by atoms with Gasteiger partial charge in [0.25, 0.3) is 0 Å². The van der Waals surface area contributed by atoms with E-state index in [1.165, 1.54) is 0 Å². The van der Waals surface area contributed by atoms with Gasteiger partial charge in [0.15, 0.2) is 0 Å². The molecule has 1 atom stereocenters. The summed E-state index contributed by atoms with van der Waals surface area (Å²) in [5.41, 5.74) is 2.31. The number of benzene rings is 1. The molecule has 18 heavy (non-hydrogen) atoms. The standard InChI is InChI=1S/C15H25NO2/c1-11-7-6-8-13(9-16-15(3,4)5)14(11)18-10-12(2)17/h6-8,12,16-17H,9-10H2,1-5H3. The largest absolute Gasteiger partial charge is 0.490 e. The minimum atomic E-state index is -0.451. The number of hydrogen-bond donors (Lipinski definition) is 2. The van der Waals surface area contributed by atoms with Gasteiger partial charge in [-0.15, -0.1) is 0 Å². The van der Waals surface area contributed by atoms with Crippen molar-refractivity contribution in [2.45, 2.75) is 52.8 Å². The summed E-state index contributed by atoms with van der Waals surface area (Å²) in [6.07, 6.45) is -0.451. The highest BCUT2D eigenvalue weighted by atomic mass is 16.5. The van der Waals surface area contributed by atoms with Gasteiger partial charge in [-0.25, -0.2) is 0 Å². The van der Waals surface area contributed by atoms with E-state index in [2.05, 4.69) is 32.2 Å². The first-order valence-corrected chi connectivity index (χ1v) is 6.44. The van der Waals surface area contributed by atoms with E-state index in [1.807, 2.05) is 19.1 Å². The number of aryl methyl sites for hydroxylation is 1. The molecule has 1 unspecified atom stereocenters. The molecule has 0 spiro atoms. The highest BCUT2D eigenvalue weighted by Crippen LogP contribution is 2.24. The van der Waals surface area contributed by atoms with Crippen molar-refractivity contribution >= 4 is 0 Å². The second-order valence-electron chi connectivity index (χ2n) is 5.83. The van der Waals surface area contributed by atoms with Gasteiger partial charge >= 0.3 is 0 Å². The van der Waals surface area contributed by atoms with Crippen LogP contribution in [0.4, 0.5) is 0 Å². The van der Waals surface area contributed by atoms with Gasteiger partial charge in [0.05, 0.1) is 6.10 Å². The summed E-state index contributed by atoms with van der Waals surface area (Å²) >= 11 is 0. The van der Waals surface area contributed by atoms with E-state index in [0.717, 1.165) is 23.4 Å². The monoisotopic (exact) mass is 251 g/mol. The lowest BCUT2D eigenvalue weighted by molar-refractivity contribution is 0.121. The van der Waals surface area contributed by atoms with Gasteiger partial charge in [-0.2, -0.15) is 0 Å². The van der Waals surface area contributed by atoms with Gasteiger partial charge in [-0.05, 0) is 40.2 Å². The molecule has 0 saturated heterocycles. The number of aliphatic hydroxyl groups excluding tert-OH is 1. The molecule has 0 heterocycles. The van der Waals surface area contributed by atoms with E-state index in [1.54, 1.807) is 6.92 Å². The highest BCUT2D eigenvalue weighted by molar-refractivity contribution is 5.40. The lowest BCUT2D eigenvalue weighted by Crippen LogP contribution is -2.35. The Morgan fingerprint density at radius 2 is 2.00 bits per heavy atom. The van der Waals surface area contributed by atoms with Crippen LogP contribution in [0.3, 0.4) is 0 Å². The minimum Gasteiger partial charge on any atom is -0.490 e. The van der Waals surface area contributed by atoms with E-state index < -0.39 is 6.10 Å². The quantitative estimate of drug-likeness (QED) is 0.845. The van der Waals surface area contributed by atoms with Crippen molar-refractivity contribution in [3.63, 3.8) is 0 Å². The van der Waals surface area contributed by atoms with Crippen molar-refractivity contribution in [1.29, 1.82) is 0 Å². The van der Waals surface area contributed by atoms with Gasteiger partial charge in [-0.3, -0.25) is 0 Å². The first-order valence-electron chi connectivity index (χ1n) is 6.44. The van der Waals surface area contributed by atoms with E-state index in [9.17, 15) is 5.11 Å². The Kier molecular flexibility index (Phi) is 5.17. The SMILES string of the molecule is Cc1cccc(CNC(C)(C)C)c1OCC(C)O. The van der Waals surface area contributed by atoms with Crippen LogP contribution in [0.1, 0.15) is 38.8 Å². The fraction of sp³-hybridized carbons (Fsp3) is 0.600. The molecule has 0 aliphatic heterocycles. The zero-order valence-corrected chi connectivity index (χ0v) is 12.1. The van der Waals surface area contributed by atoms with Crippen LogP contribution in [-0.4, -0.2) is 23.4 Å². The summed E-state index contributed by atoms with van der Waals surface area (Å²) in [5, 5.41) is 12.8. The fourth-order valence-corrected chi connectivity index (χ4v) is 1.62. The zero-order valence-electron chi connectivity index (χ0n) is 12.1. The summed E-state index contributed by atoms with van der Waals surface area (Å²) in [6, 6.07) is 6.12. The minimum absolute atomic E-state index is 0.0747. The molecule has 1 aromatic rings. The normalized spacial score (nSPS) is 13.4. The van der Waals surface area contributed by atoms with E-state index in [0.29, 0.717) is 6.61 Å². The molecular weight excluding hydrogens is 226 g/mol. The van der Waals surface area contributed by atoms with Crippen LogP contribution >= 0.6 is 0 Å². The van der Waals surface area contributed by atoms with Crippen LogP contribution in [0.25, 0.3) is 0 Å². The lowest BCUT2D eigenvalue weighted by Gasteiger charge is -2.22. The highest BCUT2D eigenvalue weighted by Gasteiger charge is 2.12. The van der Waals surface area contributed by atoms with Gasteiger partial charge in [0.2, 0.25) is 0 Å². The Hall–Kier alpha value is -1.06. The summed E-state index contributed by atoms with van der Waals surface area (Å²) in [4.78, 5) is 0. The zero-order chi connectivity index (χ0) is 13.8. The van der Waals surface area contributed by atoms with Crippen LogP contribution in [0.15, 0.2) is 18.2 Å². The molecule has 2 N–H and O–H groups in total. The third kappa shape index (κ3) is 5.07. The smallest absolute Gasteiger partial charge is 0.126 e. The van der Waals surface area contributed by atoms with E-state index in [-0.39, 0.29) is 5.54 Å². The number of hydrogen-bond acceptors (Lipinski definition) is 3. The number of rotatable bonds is 5. The third-order valence-corrected chi connectivity index (χ3v) is 2.57. The third-order valence-electron chi connectivity index (χ3n) is 2.57. The Balaban J connectivity index is 2.80. The molecule has 0 radical (unpaired) electrons. The second kappa shape index (κ2) is 6.21. The number of ether oxygens (including phenoxy) is 1. The average molecular weight is 251 g/mol. The molecule has 0 fully saturated rings. The maximum absolute atomic E-state index is 9.31. The van der Waals surface area contributed by atoms with Crippen LogP contribution in [-0.2, 0) is 6.54 Å². The molecule has 0 saturated carbocycles. The fourth-order valence-electron chi connectivity index (χ4n) is 1.62. The Morgan fingerprint density at radius 3 is 2.56 bits per heavy atom. The summed E-state index contributed by atoms with van der Waals surface area (Å²) in [5.74, 6) is 0.884. The predicted molar refractivity (Wildman–Crippen MR) is 74.9 cm³/mol. The summed E-state index contributed by atoms with van der Waals surface area (Å²) < 4.78 is 5.70. The second-order valence-corrected chi connectivity index (χ2v) is 5.83. The van der Waals surface area contributed by atoms with Gasteiger partial charge in [-0.1, -0.05) is 18.2 Å². The molecule has 0 aromatic heterocycles. The van der Waals surface area contributed by atoms with Crippen LogP contribution in [0.2, 0.25) is 0 Å². The lowest BCUT2D eigenvalue weighted by atomic mass is 10.1. The van der Waals surface area contributed by atoms with Gasteiger partial charge in [0.1, 0.15) is 12.4 Å². The van der Waals surface area contributed by atoms with Crippen molar-refractivity contribution in [3.05, 3.63) is 29.3 Å². The molecule has 0 aliphatic rings. The number of para-hydroxylation sites is 1. The van der Waals surface area contributed by atoms with Crippen LogP contribution in [0.5, 0.6) is 5.75 Å². The van der Waals surface area contributed by atoms with Gasteiger partial charge < -0.3 is 15.2 Å². The van der Waals surface area contributed by atoms with E-state index >= 15 is 0 Å². The molecule has 0 amide bonds. The summed E-state index contributed by atoms with van der Waals surface area (Å²) in [7, 11) is 0. The van der Waals surface area contributed by atoms with Crippen molar-refractivity contribution < 1.29 is 9.84 Å². The maximum Gasteiger partial charge on any atom is 0.126 e. The van der Waals surface area contributed by atoms with Crippen molar-refractivity contribution in [2.75, 3.05) is 6.61 Å². The molecule has 102 valence electrons.